The highest BCUT2D eigenvalue weighted by molar-refractivity contribution is 5.47. The van der Waals surface area contributed by atoms with E-state index < -0.39 is 0 Å². The third-order valence-electron chi connectivity index (χ3n) is 3.70. The lowest BCUT2D eigenvalue weighted by Gasteiger charge is -2.17. The average molecular weight is 282 g/mol. The molecule has 0 aliphatic rings. The van der Waals surface area contributed by atoms with Gasteiger partial charge in [0.1, 0.15) is 0 Å². The van der Waals surface area contributed by atoms with Crippen LogP contribution in [-0.2, 0) is 13.0 Å². The Kier molecular flexibility index (Phi) is 5.40. The predicted molar refractivity (Wildman–Crippen MR) is 91.7 cm³/mol. The Hall–Kier alpha value is -1.80. The third-order valence-corrected chi connectivity index (χ3v) is 3.70. The molecular formula is C19H26N2. The number of benzene rings is 2. The van der Waals surface area contributed by atoms with Gasteiger partial charge in [0.05, 0.1) is 0 Å². The van der Waals surface area contributed by atoms with Crippen molar-refractivity contribution in [3.8, 4) is 0 Å². The number of nitrogens with zero attached hydrogens (tertiary/aromatic N) is 1. The Labute approximate surface area is 128 Å². The third kappa shape index (κ3) is 4.61. The van der Waals surface area contributed by atoms with Crippen LogP contribution in [0.4, 0.5) is 5.69 Å². The molecule has 2 rings (SSSR count). The van der Waals surface area contributed by atoms with Crippen molar-refractivity contribution in [1.82, 2.24) is 4.90 Å². The van der Waals surface area contributed by atoms with Crippen molar-refractivity contribution in [2.75, 3.05) is 19.4 Å². The second-order valence-electron chi connectivity index (χ2n) is 5.90. The Bertz CT molecular complexity index is 558. The zero-order chi connectivity index (χ0) is 15.2. The van der Waals surface area contributed by atoms with Gasteiger partial charge in [-0.25, -0.2) is 0 Å². The summed E-state index contributed by atoms with van der Waals surface area (Å²) in [7, 11) is 4.19. The van der Waals surface area contributed by atoms with E-state index >= 15 is 0 Å². The molecule has 1 N–H and O–H groups in total. The molecule has 0 aliphatic carbocycles. The molecule has 0 heterocycles. The van der Waals surface area contributed by atoms with Crippen molar-refractivity contribution < 1.29 is 0 Å². The number of aryl methyl sites for hydroxylation is 1. The highest BCUT2D eigenvalue weighted by atomic mass is 15.0. The average Bonchev–Trinajstić information content (AvgIpc) is 2.47. The lowest BCUT2D eigenvalue weighted by molar-refractivity contribution is 0.402. The summed E-state index contributed by atoms with van der Waals surface area (Å²) in [5, 5.41) is 3.59. The lowest BCUT2D eigenvalue weighted by Crippen LogP contribution is -2.11. The maximum absolute atomic E-state index is 3.59. The summed E-state index contributed by atoms with van der Waals surface area (Å²) in [5.74, 6) is 0. The van der Waals surface area contributed by atoms with Gasteiger partial charge in [0.25, 0.3) is 0 Å². The maximum Gasteiger partial charge on any atom is 0.0485 e. The molecule has 2 aromatic rings. The van der Waals surface area contributed by atoms with E-state index in [9.17, 15) is 0 Å². The minimum absolute atomic E-state index is 0.311. The fraction of sp³-hybridized carbons (Fsp3) is 0.368. The van der Waals surface area contributed by atoms with Crippen LogP contribution in [0, 0.1) is 0 Å². The van der Waals surface area contributed by atoms with Crippen molar-refractivity contribution in [1.29, 1.82) is 0 Å². The van der Waals surface area contributed by atoms with Gasteiger partial charge in [-0.1, -0.05) is 43.3 Å². The Morgan fingerprint density at radius 2 is 1.71 bits per heavy atom. The van der Waals surface area contributed by atoms with Crippen LogP contribution in [0.1, 0.15) is 36.6 Å². The maximum atomic E-state index is 3.59. The van der Waals surface area contributed by atoms with Crippen molar-refractivity contribution in [2.24, 2.45) is 0 Å². The molecule has 0 radical (unpaired) electrons. The van der Waals surface area contributed by atoms with E-state index in [0.717, 1.165) is 13.0 Å². The number of hydrogen-bond donors (Lipinski definition) is 1. The molecule has 0 bridgehead atoms. The summed E-state index contributed by atoms with van der Waals surface area (Å²) < 4.78 is 0. The van der Waals surface area contributed by atoms with Gasteiger partial charge >= 0.3 is 0 Å². The molecule has 1 unspecified atom stereocenters. The van der Waals surface area contributed by atoms with Gasteiger partial charge in [-0.3, -0.25) is 0 Å². The molecule has 2 aromatic carbocycles. The van der Waals surface area contributed by atoms with Crippen LogP contribution in [0.15, 0.2) is 48.5 Å². The van der Waals surface area contributed by atoms with E-state index in [0.29, 0.717) is 6.04 Å². The van der Waals surface area contributed by atoms with Gasteiger partial charge in [-0.15, -0.1) is 0 Å². The first-order chi connectivity index (χ1) is 10.1. The van der Waals surface area contributed by atoms with E-state index in [1.54, 1.807) is 0 Å². The number of rotatable bonds is 6. The molecule has 0 saturated heterocycles. The molecular weight excluding hydrogens is 256 g/mol. The van der Waals surface area contributed by atoms with Crippen LogP contribution in [0.25, 0.3) is 0 Å². The van der Waals surface area contributed by atoms with Gasteiger partial charge in [0.2, 0.25) is 0 Å². The molecule has 0 aromatic heterocycles. The van der Waals surface area contributed by atoms with Gasteiger partial charge < -0.3 is 10.2 Å². The largest absolute Gasteiger partial charge is 0.379 e. The first-order valence-corrected chi connectivity index (χ1v) is 7.67. The molecule has 0 saturated carbocycles. The van der Waals surface area contributed by atoms with Crippen LogP contribution in [0.5, 0.6) is 0 Å². The molecule has 112 valence electrons. The monoisotopic (exact) mass is 282 g/mol. The van der Waals surface area contributed by atoms with Crippen LogP contribution in [0.3, 0.4) is 0 Å². The Balaban J connectivity index is 2.05. The normalized spacial score (nSPS) is 12.4. The SMILES string of the molecule is CCc1ccc(C(C)Nc2cccc(CN(C)C)c2)cc1. The molecule has 0 amide bonds. The molecule has 0 spiro atoms. The quantitative estimate of drug-likeness (QED) is 0.840. The van der Waals surface area contributed by atoms with E-state index in [4.69, 9.17) is 0 Å². The van der Waals surface area contributed by atoms with Crippen LogP contribution < -0.4 is 5.32 Å². The predicted octanol–water partition coefficient (Wildman–Crippen LogP) is 4.48. The first-order valence-electron chi connectivity index (χ1n) is 7.67. The van der Waals surface area contributed by atoms with Crippen LogP contribution in [-0.4, -0.2) is 19.0 Å². The van der Waals surface area contributed by atoms with Gasteiger partial charge in [0.15, 0.2) is 0 Å². The van der Waals surface area contributed by atoms with Crippen LogP contribution >= 0.6 is 0 Å². The molecule has 1 atom stereocenters. The number of anilines is 1. The standard InChI is InChI=1S/C19H26N2/c1-5-16-9-11-18(12-10-16)15(2)20-19-8-6-7-17(13-19)14-21(3)4/h6-13,15,20H,5,14H2,1-4H3. The molecule has 2 heteroatoms. The van der Waals surface area contributed by atoms with Gasteiger partial charge in [-0.05, 0) is 56.3 Å². The lowest BCUT2D eigenvalue weighted by atomic mass is 10.0. The second-order valence-corrected chi connectivity index (χ2v) is 5.90. The fourth-order valence-electron chi connectivity index (χ4n) is 2.50. The van der Waals surface area contributed by atoms with E-state index in [2.05, 4.69) is 86.7 Å². The molecule has 0 aliphatic heterocycles. The highest BCUT2D eigenvalue weighted by Gasteiger charge is 2.06. The number of nitrogens with one attached hydrogen (secondary N) is 1. The summed E-state index contributed by atoms with van der Waals surface area (Å²) in [6.45, 7) is 5.36. The van der Waals surface area contributed by atoms with Crippen molar-refractivity contribution in [3.63, 3.8) is 0 Å². The summed E-state index contributed by atoms with van der Waals surface area (Å²) in [6, 6.07) is 17.9. The summed E-state index contributed by atoms with van der Waals surface area (Å²) in [4.78, 5) is 2.19. The van der Waals surface area contributed by atoms with E-state index in [1.807, 2.05) is 0 Å². The summed E-state index contributed by atoms with van der Waals surface area (Å²) in [6.07, 6.45) is 1.09. The molecule has 2 nitrogen and oxygen atoms in total. The Morgan fingerprint density at radius 3 is 2.33 bits per heavy atom. The van der Waals surface area contributed by atoms with Crippen molar-refractivity contribution >= 4 is 5.69 Å². The topological polar surface area (TPSA) is 15.3 Å². The minimum atomic E-state index is 0.311. The fourth-order valence-corrected chi connectivity index (χ4v) is 2.50. The summed E-state index contributed by atoms with van der Waals surface area (Å²) in [5.41, 5.74) is 5.23. The minimum Gasteiger partial charge on any atom is -0.379 e. The smallest absolute Gasteiger partial charge is 0.0485 e. The Morgan fingerprint density at radius 1 is 1.00 bits per heavy atom. The molecule has 21 heavy (non-hydrogen) atoms. The zero-order valence-corrected chi connectivity index (χ0v) is 13.6. The molecule has 0 fully saturated rings. The van der Waals surface area contributed by atoms with Gasteiger partial charge in [-0.2, -0.15) is 0 Å². The zero-order valence-electron chi connectivity index (χ0n) is 13.6. The number of hydrogen-bond acceptors (Lipinski definition) is 2. The van der Waals surface area contributed by atoms with Crippen molar-refractivity contribution in [2.45, 2.75) is 32.9 Å². The first kappa shape index (κ1) is 15.6. The van der Waals surface area contributed by atoms with E-state index in [-0.39, 0.29) is 0 Å². The van der Waals surface area contributed by atoms with Crippen molar-refractivity contribution in [3.05, 3.63) is 65.2 Å². The second kappa shape index (κ2) is 7.28. The highest BCUT2D eigenvalue weighted by Crippen LogP contribution is 2.21. The summed E-state index contributed by atoms with van der Waals surface area (Å²) >= 11 is 0. The van der Waals surface area contributed by atoms with E-state index in [1.165, 1.54) is 22.4 Å². The van der Waals surface area contributed by atoms with Crippen LogP contribution in [0.2, 0.25) is 0 Å². The van der Waals surface area contributed by atoms with Gasteiger partial charge in [0, 0.05) is 18.3 Å².